The van der Waals surface area contributed by atoms with E-state index in [1.54, 1.807) is 13.3 Å². The fourth-order valence-corrected chi connectivity index (χ4v) is 3.53. The van der Waals surface area contributed by atoms with Crippen molar-refractivity contribution in [1.82, 2.24) is 4.98 Å². The van der Waals surface area contributed by atoms with E-state index in [0.29, 0.717) is 0 Å². The summed E-state index contributed by atoms with van der Waals surface area (Å²) in [6.45, 7) is 0. The van der Waals surface area contributed by atoms with Gasteiger partial charge in [-0.25, -0.2) is 0 Å². The lowest BCUT2D eigenvalue weighted by atomic mass is 10.2. The molecule has 1 fully saturated rings. The zero-order valence-electron chi connectivity index (χ0n) is 10.3. The number of ether oxygens (including phenoxy) is 1. The summed E-state index contributed by atoms with van der Waals surface area (Å²) in [6, 6.07) is 3.76. The minimum absolute atomic E-state index is 0.0308. The molecule has 2 rings (SSSR count). The highest BCUT2D eigenvalue weighted by Gasteiger charge is 2.19. The molecule has 4 heteroatoms. The number of hydrogen-bond donors (Lipinski definition) is 1. The molecule has 94 valence electrons. The highest BCUT2D eigenvalue weighted by molar-refractivity contribution is 7.99. The summed E-state index contributed by atoms with van der Waals surface area (Å²) in [4.78, 5) is 4.33. The van der Waals surface area contributed by atoms with Gasteiger partial charge in [-0.3, -0.25) is 4.98 Å². The molecule has 1 aliphatic carbocycles. The molecule has 0 aromatic carbocycles. The number of hydrogen-bond acceptors (Lipinski definition) is 4. The van der Waals surface area contributed by atoms with Crippen molar-refractivity contribution in [2.24, 2.45) is 5.73 Å². The second-order valence-corrected chi connectivity index (χ2v) is 5.77. The van der Waals surface area contributed by atoms with Crippen LogP contribution in [0.2, 0.25) is 0 Å². The van der Waals surface area contributed by atoms with Crippen molar-refractivity contribution in [3.63, 3.8) is 0 Å². The first kappa shape index (κ1) is 12.7. The van der Waals surface area contributed by atoms with Gasteiger partial charge in [0.25, 0.3) is 0 Å². The predicted octanol–water partition coefficient (Wildman–Crippen LogP) is 2.77. The quantitative estimate of drug-likeness (QED) is 0.875. The van der Waals surface area contributed by atoms with Crippen molar-refractivity contribution in [3.8, 4) is 5.75 Å². The molecule has 1 aromatic heterocycles. The Kier molecular flexibility index (Phi) is 4.68. The molecule has 1 saturated carbocycles. The molecule has 0 bridgehead atoms. The lowest BCUT2D eigenvalue weighted by Crippen LogP contribution is -2.17. The van der Waals surface area contributed by atoms with Crippen LogP contribution in [0.4, 0.5) is 0 Å². The molecule has 1 unspecified atom stereocenters. The van der Waals surface area contributed by atoms with Gasteiger partial charge >= 0.3 is 0 Å². The third-order valence-electron chi connectivity index (χ3n) is 3.18. The van der Waals surface area contributed by atoms with E-state index in [2.05, 4.69) is 4.98 Å². The number of methoxy groups -OCH3 is 1. The summed E-state index contributed by atoms with van der Waals surface area (Å²) in [7, 11) is 1.66. The van der Waals surface area contributed by atoms with Gasteiger partial charge in [0.1, 0.15) is 5.75 Å². The Hall–Kier alpha value is -0.740. The maximum atomic E-state index is 6.19. The normalized spacial score (nSPS) is 18.2. The number of nitrogens with zero attached hydrogens (tertiary/aromatic N) is 1. The van der Waals surface area contributed by atoms with E-state index < -0.39 is 0 Å². The van der Waals surface area contributed by atoms with Crippen LogP contribution in [0, 0.1) is 0 Å². The predicted molar refractivity (Wildman–Crippen MR) is 72.4 cm³/mol. The molecular formula is C13H20N2OS. The number of pyridine rings is 1. The molecular weight excluding hydrogens is 232 g/mol. The zero-order valence-corrected chi connectivity index (χ0v) is 11.1. The van der Waals surface area contributed by atoms with E-state index in [4.69, 9.17) is 10.5 Å². The second kappa shape index (κ2) is 6.26. The molecule has 2 N–H and O–H groups in total. The van der Waals surface area contributed by atoms with Crippen molar-refractivity contribution in [2.75, 3.05) is 12.9 Å². The highest BCUT2D eigenvalue weighted by Crippen LogP contribution is 2.32. The van der Waals surface area contributed by atoms with E-state index in [-0.39, 0.29) is 6.04 Å². The molecule has 0 aliphatic heterocycles. The van der Waals surface area contributed by atoms with Crippen LogP contribution in [0.5, 0.6) is 5.75 Å². The molecule has 1 heterocycles. The molecule has 0 amide bonds. The number of aromatic nitrogens is 1. The van der Waals surface area contributed by atoms with E-state index in [1.165, 1.54) is 25.7 Å². The Morgan fingerprint density at radius 2 is 2.29 bits per heavy atom. The summed E-state index contributed by atoms with van der Waals surface area (Å²) < 4.78 is 5.29. The number of nitrogens with two attached hydrogens (primary N) is 1. The monoisotopic (exact) mass is 252 g/mol. The van der Waals surface area contributed by atoms with Crippen LogP contribution in [-0.2, 0) is 0 Å². The van der Waals surface area contributed by atoms with E-state index in [1.807, 2.05) is 23.9 Å². The summed E-state index contributed by atoms with van der Waals surface area (Å²) in [5, 5.41) is 0.802. The number of thioether (sulfide) groups is 1. The van der Waals surface area contributed by atoms with Crippen molar-refractivity contribution >= 4 is 11.8 Å². The van der Waals surface area contributed by atoms with Crippen LogP contribution in [-0.4, -0.2) is 23.1 Å². The highest BCUT2D eigenvalue weighted by atomic mass is 32.2. The van der Waals surface area contributed by atoms with Gasteiger partial charge in [-0.2, -0.15) is 11.8 Å². The summed E-state index contributed by atoms with van der Waals surface area (Å²) in [5.74, 6) is 1.73. The van der Waals surface area contributed by atoms with Crippen molar-refractivity contribution < 1.29 is 4.74 Å². The van der Waals surface area contributed by atoms with Crippen molar-refractivity contribution in [2.45, 2.75) is 37.0 Å². The van der Waals surface area contributed by atoms with Crippen LogP contribution < -0.4 is 10.5 Å². The number of rotatable bonds is 5. The van der Waals surface area contributed by atoms with Gasteiger partial charge in [0, 0.05) is 17.2 Å². The van der Waals surface area contributed by atoms with Crippen LogP contribution in [0.1, 0.15) is 37.4 Å². The van der Waals surface area contributed by atoms with E-state index in [0.717, 1.165) is 22.4 Å². The summed E-state index contributed by atoms with van der Waals surface area (Å²) >= 11 is 1.99. The fraction of sp³-hybridized carbons (Fsp3) is 0.615. The lowest BCUT2D eigenvalue weighted by molar-refractivity contribution is 0.404. The zero-order chi connectivity index (χ0) is 12.1. The molecule has 0 radical (unpaired) electrons. The topological polar surface area (TPSA) is 48.1 Å². The van der Waals surface area contributed by atoms with Crippen LogP contribution in [0.15, 0.2) is 18.3 Å². The maximum absolute atomic E-state index is 6.19. The molecule has 3 nitrogen and oxygen atoms in total. The second-order valence-electron chi connectivity index (χ2n) is 4.44. The fourth-order valence-electron chi connectivity index (χ4n) is 2.23. The minimum Gasteiger partial charge on any atom is -0.495 e. The van der Waals surface area contributed by atoms with Crippen molar-refractivity contribution in [1.29, 1.82) is 0 Å². The average molecular weight is 252 g/mol. The molecule has 1 atom stereocenters. The average Bonchev–Trinajstić information content (AvgIpc) is 2.89. The minimum atomic E-state index is -0.0308. The Morgan fingerprint density at radius 3 is 3.00 bits per heavy atom. The summed E-state index contributed by atoms with van der Waals surface area (Å²) in [6.07, 6.45) is 7.21. The molecule has 1 aliphatic rings. The smallest absolute Gasteiger partial charge is 0.142 e. The molecule has 0 saturated heterocycles. The SMILES string of the molecule is COc1cccnc1C(N)CSC1CCCC1. The summed E-state index contributed by atoms with van der Waals surface area (Å²) in [5.41, 5.74) is 7.06. The molecule has 0 spiro atoms. The van der Waals surface area contributed by atoms with E-state index in [9.17, 15) is 0 Å². The van der Waals surface area contributed by atoms with Gasteiger partial charge in [0.05, 0.1) is 18.8 Å². The van der Waals surface area contributed by atoms with Gasteiger partial charge in [-0.15, -0.1) is 0 Å². The van der Waals surface area contributed by atoms with Gasteiger partial charge in [0.2, 0.25) is 0 Å². The Balaban J connectivity index is 1.91. The van der Waals surface area contributed by atoms with Gasteiger partial charge in [0.15, 0.2) is 0 Å². The van der Waals surface area contributed by atoms with E-state index >= 15 is 0 Å². The first-order chi connectivity index (χ1) is 8.31. The molecule has 17 heavy (non-hydrogen) atoms. The Morgan fingerprint density at radius 1 is 1.53 bits per heavy atom. The third-order valence-corrected chi connectivity index (χ3v) is 4.68. The van der Waals surface area contributed by atoms with Crippen molar-refractivity contribution in [3.05, 3.63) is 24.0 Å². The van der Waals surface area contributed by atoms with Crippen LogP contribution in [0.3, 0.4) is 0 Å². The third kappa shape index (κ3) is 3.36. The molecule has 1 aromatic rings. The Bertz CT molecular complexity index is 353. The van der Waals surface area contributed by atoms with Gasteiger partial charge < -0.3 is 10.5 Å². The maximum Gasteiger partial charge on any atom is 0.142 e. The van der Waals surface area contributed by atoms with Crippen LogP contribution in [0.25, 0.3) is 0 Å². The lowest BCUT2D eigenvalue weighted by Gasteiger charge is -2.16. The van der Waals surface area contributed by atoms with Gasteiger partial charge in [-0.05, 0) is 25.0 Å². The standard InChI is InChI=1S/C13H20N2OS/c1-16-12-7-4-8-15-13(12)11(14)9-17-10-5-2-3-6-10/h4,7-8,10-11H,2-3,5-6,9,14H2,1H3. The van der Waals surface area contributed by atoms with Gasteiger partial charge in [-0.1, -0.05) is 12.8 Å². The van der Waals surface area contributed by atoms with Crippen LogP contribution >= 0.6 is 11.8 Å². The first-order valence-electron chi connectivity index (χ1n) is 6.17. The Labute approximate surface area is 107 Å². The first-order valence-corrected chi connectivity index (χ1v) is 7.22. The largest absolute Gasteiger partial charge is 0.495 e.